The first-order valence-electron chi connectivity index (χ1n) is 20.9. The Bertz CT molecular complexity index is 3280. The average Bonchev–Trinajstić information content (AvgIpc) is 3.68. The zero-order valence-corrected chi connectivity index (χ0v) is 34.0. The van der Waals surface area contributed by atoms with Gasteiger partial charge >= 0.3 is 0 Å². The van der Waals surface area contributed by atoms with Crippen LogP contribution in [0.3, 0.4) is 0 Å². The number of aryl methyl sites for hydroxylation is 1. The molecule has 3 heterocycles. The van der Waals surface area contributed by atoms with Crippen molar-refractivity contribution in [1.82, 2.24) is 24.5 Å². The number of aromatic nitrogens is 5. The quantitative estimate of drug-likeness (QED) is 0.154. The minimum Gasteiger partial charge on any atom is -0.309 e. The summed E-state index contributed by atoms with van der Waals surface area (Å²) in [4.78, 5) is 20.9. The van der Waals surface area contributed by atoms with Crippen molar-refractivity contribution in [3.63, 3.8) is 0 Å². The van der Waals surface area contributed by atoms with Gasteiger partial charge in [0.2, 0.25) is 0 Å². The van der Waals surface area contributed by atoms with Gasteiger partial charge < -0.3 is 4.57 Å². The van der Waals surface area contributed by atoms with E-state index in [0.717, 1.165) is 72.9 Å². The molecule has 11 rings (SSSR count). The number of hydrogen-bond donors (Lipinski definition) is 0. The summed E-state index contributed by atoms with van der Waals surface area (Å²) in [7, 11) is 0. The molecular formula is C57H39N5. The number of benzene rings is 8. The molecule has 0 N–H and O–H groups in total. The third kappa shape index (κ3) is 6.82. The van der Waals surface area contributed by atoms with Crippen LogP contribution in [-0.2, 0) is 0 Å². The second-order valence-corrected chi connectivity index (χ2v) is 15.5. The molecule has 0 amide bonds. The van der Waals surface area contributed by atoms with Gasteiger partial charge in [-0.25, -0.2) is 19.9 Å². The lowest BCUT2D eigenvalue weighted by molar-refractivity contribution is 1.15. The molecule has 3 aromatic heterocycles. The van der Waals surface area contributed by atoms with Crippen molar-refractivity contribution in [3.05, 3.63) is 224 Å². The van der Waals surface area contributed by atoms with Crippen molar-refractivity contribution in [1.29, 1.82) is 0 Å². The van der Waals surface area contributed by atoms with Crippen LogP contribution >= 0.6 is 0 Å². The largest absolute Gasteiger partial charge is 0.309 e. The van der Waals surface area contributed by atoms with Gasteiger partial charge in [0.1, 0.15) is 0 Å². The topological polar surface area (TPSA) is 56.5 Å². The third-order valence-corrected chi connectivity index (χ3v) is 11.6. The fourth-order valence-corrected chi connectivity index (χ4v) is 8.52. The molecule has 62 heavy (non-hydrogen) atoms. The zero-order chi connectivity index (χ0) is 41.4. The van der Waals surface area contributed by atoms with Gasteiger partial charge in [-0.15, -0.1) is 0 Å². The van der Waals surface area contributed by atoms with Crippen molar-refractivity contribution in [2.24, 2.45) is 0 Å². The molecule has 0 aliphatic heterocycles. The van der Waals surface area contributed by atoms with Crippen molar-refractivity contribution >= 4 is 21.8 Å². The molecule has 0 atom stereocenters. The molecule has 292 valence electrons. The third-order valence-electron chi connectivity index (χ3n) is 11.6. The van der Waals surface area contributed by atoms with Crippen molar-refractivity contribution in [2.75, 3.05) is 0 Å². The zero-order valence-electron chi connectivity index (χ0n) is 34.0. The van der Waals surface area contributed by atoms with Crippen LogP contribution in [0.4, 0.5) is 0 Å². The summed E-state index contributed by atoms with van der Waals surface area (Å²) in [5.41, 5.74) is 16.0. The van der Waals surface area contributed by atoms with Crippen LogP contribution < -0.4 is 0 Å². The molecule has 0 radical (unpaired) electrons. The highest BCUT2D eigenvalue weighted by molar-refractivity contribution is 6.11. The molecule has 0 saturated heterocycles. The molecule has 0 fully saturated rings. The predicted octanol–water partition coefficient (Wildman–Crippen LogP) is 14.3. The smallest absolute Gasteiger partial charge is 0.160 e. The van der Waals surface area contributed by atoms with Crippen LogP contribution in [-0.4, -0.2) is 24.5 Å². The van der Waals surface area contributed by atoms with E-state index in [4.69, 9.17) is 19.9 Å². The Labute approximate surface area is 360 Å². The Kier molecular flexibility index (Phi) is 9.32. The van der Waals surface area contributed by atoms with E-state index in [1.54, 1.807) is 0 Å². The van der Waals surface area contributed by atoms with E-state index in [2.05, 4.69) is 169 Å². The molecule has 0 aliphatic carbocycles. The van der Waals surface area contributed by atoms with Crippen LogP contribution in [0.15, 0.2) is 218 Å². The van der Waals surface area contributed by atoms with Crippen LogP contribution in [0.2, 0.25) is 0 Å². The maximum atomic E-state index is 5.40. The fraction of sp³-hybridized carbons (Fsp3) is 0.0175. The summed E-state index contributed by atoms with van der Waals surface area (Å²) in [5.74, 6) is 1.32. The van der Waals surface area contributed by atoms with Crippen molar-refractivity contribution in [2.45, 2.75) is 6.92 Å². The molecule has 11 aromatic rings. The SMILES string of the molecule is Cc1ccccc1-c1ccc2c(c1)c1ccccc1n2-c1ccc(-c2cc(-c3ccccc3)nc(-c3ccccc3)n2)cc1-c1cc(-c2ccccc2)nc(-c2ccccc2)n1. The van der Waals surface area contributed by atoms with Crippen molar-refractivity contribution < 1.29 is 0 Å². The van der Waals surface area contributed by atoms with E-state index < -0.39 is 0 Å². The minimum absolute atomic E-state index is 0.656. The lowest BCUT2D eigenvalue weighted by atomic mass is 9.98. The highest BCUT2D eigenvalue weighted by atomic mass is 15.0. The standard InChI is InChI=1S/C57H39N5/c1-38-18-14-15-27-45(38)43-30-32-54-47(34-43)46-28-16-17-29-53(46)62(54)55-33-31-44(51-36-49(39-19-6-2-7-20-39)58-56(60-51)41-23-10-4-11-24-41)35-48(55)52-37-50(40-21-8-3-9-22-40)59-57(61-52)42-25-12-5-13-26-42/h2-37H,1H3. The minimum atomic E-state index is 0.656. The first-order valence-corrected chi connectivity index (χ1v) is 20.9. The summed E-state index contributed by atoms with van der Waals surface area (Å²) in [6.45, 7) is 2.18. The molecule has 5 heteroatoms. The normalized spacial score (nSPS) is 11.3. The second-order valence-electron chi connectivity index (χ2n) is 15.5. The first-order chi connectivity index (χ1) is 30.6. The van der Waals surface area contributed by atoms with Gasteiger partial charge in [-0.05, 0) is 66.1 Å². The number of nitrogens with zero attached hydrogens (tertiary/aromatic N) is 5. The van der Waals surface area contributed by atoms with Gasteiger partial charge in [0, 0.05) is 44.2 Å². The van der Waals surface area contributed by atoms with Gasteiger partial charge in [0.15, 0.2) is 11.6 Å². The lowest BCUT2D eigenvalue weighted by Crippen LogP contribution is -2.02. The molecule has 0 spiro atoms. The van der Waals surface area contributed by atoms with Gasteiger partial charge in [-0.3, -0.25) is 0 Å². The molecule has 5 nitrogen and oxygen atoms in total. The Balaban J connectivity index is 1.20. The van der Waals surface area contributed by atoms with Crippen LogP contribution in [0.25, 0.3) is 106 Å². The molecule has 0 unspecified atom stereocenters. The van der Waals surface area contributed by atoms with E-state index in [9.17, 15) is 0 Å². The monoisotopic (exact) mass is 793 g/mol. The van der Waals surface area contributed by atoms with Crippen molar-refractivity contribution in [3.8, 4) is 84.6 Å². The maximum absolute atomic E-state index is 5.40. The molecule has 8 aromatic carbocycles. The van der Waals surface area contributed by atoms with Gasteiger partial charge in [-0.1, -0.05) is 176 Å². The number of para-hydroxylation sites is 1. The molecular weight excluding hydrogens is 755 g/mol. The Morgan fingerprint density at radius 2 is 0.774 bits per heavy atom. The summed E-state index contributed by atoms with van der Waals surface area (Å²) < 4.78 is 2.39. The summed E-state index contributed by atoms with van der Waals surface area (Å²) in [5, 5.41) is 2.37. The first kappa shape index (κ1) is 36.8. The van der Waals surface area contributed by atoms with E-state index >= 15 is 0 Å². The van der Waals surface area contributed by atoms with E-state index in [0.29, 0.717) is 11.6 Å². The lowest BCUT2D eigenvalue weighted by Gasteiger charge is -2.17. The molecule has 0 bridgehead atoms. The van der Waals surface area contributed by atoms with Crippen LogP contribution in [0.5, 0.6) is 0 Å². The maximum Gasteiger partial charge on any atom is 0.160 e. The van der Waals surface area contributed by atoms with E-state index in [-0.39, 0.29) is 0 Å². The second kappa shape index (κ2) is 15.7. The summed E-state index contributed by atoms with van der Waals surface area (Å²) in [6, 6.07) is 76.1. The predicted molar refractivity (Wildman–Crippen MR) is 255 cm³/mol. The summed E-state index contributed by atoms with van der Waals surface area (Å²) in [6.07, 6.45) is 0. The van der Waals surface area contributed by atoms with E-state index in [1.165, 1.54) is 27.5 Å². The Hall–Kier alpha value is -8.28. The van der Waals surface area contributed by atoms with Gasteiger partial charge in [0.05, 0.1) is 39.5 Å². The summed E-state index contributed by atoms with van der Waals surface area (Å²) >= 11 is 0. The number of hydrogen-bond acceptors (Lipinski definition) is 4. The van der Waals surface area contributed by atoms with Gasteiger partial charge in [-0.2, -0.15) is 0 Å². The fourth-order valence-electron chi connectivity index (χ4n) is 8.52. The molecule has 0 saturated carbocycles. The Morgan fingerprint density at radius 1 is 0.306 bits per heavy atom. The van der Waals surface area contributed by atoms with Gasteiger partial charge in [0.25, 0.3) is 0 Å². The Morgan fingerprint density at radius 3 is 1.39 bits per heavy atom. The number of fused-ring (bicyclic) bond motifs is 3. The average molecular weight is 794 g/mol. The van der Waals surface area contributed by atoms with Crippen LogP contribution in [0, 0.1) is 6.92 Å². The number of rotatable bonds is 8. The molecule has 0 aliphatic rings. The van der Waals surface area contributed by atoms with E-state index in [1.807, 2.05) is 60.7 Å². The van der Waals surface area contributed by atoms with Crippen LogP contribution in [0.1, 0.15) is 5.56 Å². The highest BCUT2D eigenvalue weighted by Crippen LogP contribution is 2.41. The highest BCUT2D eigenvalue weighted by Gasteiger charge is 2.21.